The van der Waals surface area contributed by atoms with Gasteiger partial charge in [0.15, 0.2) is 5.78 Å². The number of carbonyl (C=O) groups excluding carboxylic acids is 1. The van der Waals surface area contributed by atoms with Gasteiger partial charge in [-0.15, -0.1) is 0 Å². The number of hydrogen-bond acceptors (Lipinski definition) is 2. The van der Waals surface area contributed by atoms with Gasteiger partial charge in [0.2, 0.25) is 0 Å². The molecular weight excluding hydrogens is 314 g/mol. The Balaban J connectivity index is -0.0000000610. The molecule has 0 aromatic rings. The minimum atomic E-state index is -0.125. The molecule has 0 aliphatic rings. The van der Waals surface area contributed by atoms with Crippen LogP contribution in [0.25, 0.3) is 0 Å². The van der Waals surface area contributed by atoms with Gasteiger partial charge in [-0.05, 0) is 24.9 Å². The van der Waals surface area contributed by atoms with Crippen LogP contribution in [0.2, 0.25) is 0 Å². The summed E-state index contributed by atoms with van der Waals surface area (Å²) >= 11 is 9.52. The molecule has 5 heteroatoms. The number of allylic oxidation sites excluding steroid dienone is 2. The van der Waals surface area contributed by atoms with Crippen LogP contribution in [0.3, 0.4) is 0 Å². The van der Waals surface area contributed by atoms with Crippen molar-refractivity contribution in [1.29, 1.82) is 0 Å². The Morgan fingerprint density at radius 1 is 1.21 bits per heavy atom. The van der Waals surface area contributed by atoms with E-state index in [0.717, 1.165) is 0 Å². The van der Waals surface area contributed by atoms with E-state index in [9.17, 15) is 4.79 Å². The molecule has 0 aliphatic carbocycles. The van der Waals surface area contributed by atoms with E-state index in [4.69, 9.17) is 28.3 Å². The molecule has 0 atom stereocenters. The average molecular weight is 328 g/mol. The van der Waals surface area contributed by atoms with Gasteiger partial charge in [-0.1, -0.05) is 36.4 Å². The van der Waals surface area contributed by atoms with E-state index in [1.165, 1.54) is 31.0 Å². The first-order valence-electron chi connectivity index (χ1n) is 3.26. The molecule has 1 N–H and O–H groups in total. The number of hydrogen-bond donors (Lipinski definition) is 1. The van der Waals surface area contributed by atoms with Gasteiger partial charge >= 0.3 is 0 Å². The summed E-state index contributed by atoms with van der Waals surface area (Å²) in [7, 11) is 0. The number of aliphatic hydroxyl groups is 1. The summed E-state index contributed by atoms with van der Waals surface area (Å²) in [5, 5.41) is 8.36. The van der Waals surface area contributed by atoms with Gasteiger partial charge < -0.3 is 5.11 Å². The molecular formula is C9H14Cl2O2Rh. The predicted molar refractivity (Wildman–Crippen MR) is 59.2 cm³/mol. The third-order valence-electron chi connectivity index (χ3n) is 0.412. The fourth-order valence-electron chi connectivity index (χ4n) is 0.294. The topological polar surface area (TPSA) is 37.3 Å². The molecule has 1 radical (unpaired) electrons. The minimum Gasteiger partial charge on any atom is -0.512 e. The van der Waals surface area contributed by atoms with Crippen LogP contribution in [0.5, 0.6) is 0 Å². The molecule has 0 aromatic carbocycles. The summed E-state index contributed by atoms with van der Waals surface area (Å²) in [6, 6.07) is 0. The Kier molecular flexibility index (Phi) is 38.9. The summed E-state index contributed by atoms with van der Waals surface area (Å²) in [5.41, 5.74) is 2.44. The first kappa shape index (κ1) is 23.6. The predicted octanol–water partition coefficient (Wildman–Crippen LogP) is 3.77. The monoisotopic (exact) mass is 327 g/mol. The molecule has 0 saturated carbocycles. The summed E-state index contributed by atoms with van der Waals surface area (Å²) < 4.78 is 0. The van der Waals surface area contributed by atoms with Gasteiger partial charge in [-0.3, -0.25) is 4.79 Å². The van der Waals surface area contributed by atoms with Crippen molar-refractivity contribution in [3.63, 3.8) is 0 Å². The third-order valence-corrected chi connectivity index (χ3v) is 0.412. The smallest absolute Gasteiger partial charge is 0.155 e. The number of rotatable bonds is 1. The second kappa shape index (κ2) is 23.1. The normalized spacial score (nSPS) is 7.57. The van der Waals surface area contributed by atoms with Gasteiger partial charge in [-0.25, -0.2) is 0 Å². The Morgan fingerprint density at radius 3 is 1.43 bits per heavy atom. The van der Waals surface area contributed by atoms with E-state index in [2.05, 4.69) is 13.2 Å². The Labute approximate surface area is 108 Å². The largest absolute Gasteiger partial charge is 0.512 e. The first-order chi connectivity index (χ1) is 5.95. The van der Waals surface area contributed by atoms with E-state index in [1.54, 1.807) is 0 Å². The number of aliphatic hydroxyl groups excluding tert-OH is 1. The van der Waals surface area contributed by atoms with Crippen molar-refractivity contribution >= 4 is 29.0 Å². The first-order valence-corrected chi connectivity index (χ1v) is 4.13. The molecule has 0 unspecified atom stereocenters. The van der Waals surface area contributed by atoms with Crippen molar-refractivity contribution in [3.8, 4) is 0 Å². The molecule has 0 aromatic heterocycles. The van der Waals surface area contributed by atoms with Crippen LogP contribution in [-0.4, -0.2) is 10.9 Å². The number of carbonyl (C=O) groups is 1. The Morgan fingerprint density at radius 2 is 1.43 bits per heavy atom. The fraction of sp³-hybridized carbons (Fsp3) is 0.222. The molecule has 0 heterocycles. The maximum Gasteiger partial charge on any atom is 0.155 e. The molecule has 0 bridgehead atoms. The maximum absolute atomic E-state index is 10.0. The van der Waals surface area contributed by atoms with Crippen LogP contribution < -0.4 is 0 Å². The zero-order valence-electron chi connectivity index (χ0n) is 8.09. The number of halogens is 2. The summed E-state index contributed by atoms with van der Waals surface area (Å²) in [5.74, 6) is -0.0625. The molecule has 0 spiro atoms. The van der Waals surface area contributed by atoms with Crippen LogP contribution >= 0.6 is 23.2 Å². The van der Waals surface area contributed by atoms with Crippen LogP contribution in [0.15, 0.2) is 36.1 Å². The molecule has 0 rings (SSSR count). The second-order valence-electron chi connectivity index (χ2n) is 1.70. The Hall–Kier alpha value is -0.107. The van der Waals surface area contributed by atoms with Gasteiger partial charge in [0.25, 0.3) is 0 Å². The zero-order chi connectivity index (χ0) is 11.3. The van der Waals surface area contributed by atoms with Crippen LogP contribution in [0.4, 0.5) is 0 Å². The summed E-state index contributed by atoms with van der Waals surface area (Å²) in [4.78, 5) is 10.0. The Bertz CT molecular complexity index is 170. The van der Waals surface area contributed by atoms with Crippen LogP contribution in [0, 0.1) is 0 Å². The second-order valence-corrected chi connectivity index (χ2v) is 2.32. The molecule has 14 heavy (non-hydrogen) atoms. The van der Waals surface area contributed by atoms with E-state index in [-0.39, 0.29) is 31.0 Å². The fourth-order valence-corrected chi connectivity index (χ4v) is 0.294. The molecule has 2 nitrogen and oxygen atoms in total. The van der Waals surface area contributed by atoms with Crippen molar-refractivity contribution in [1.82, 2.24) is 0 Å². The SMILES string of the molecule is C=CCl.C=CCl.CC(=O)/C=C(/C)O.[Rh]. The molecule has 0 saturated heterocycles. The van der Waals surface area contributed by atoms with Crippen molar-refractivity contribution in [3.05, 3.63) is 36.1 Å². The minimum absolute atomic E-state index is 0. The van der Waals surface area contributed by atoms with Crippen LogP contribution in [-0.2, 0) is 24.3 Å². The van der Waals surface area contributed by atoms with Crippen molar-refractivity contribution < 1.29 is 29.4 Å². The van der Waals surface area contributed by atoms with Crippen molar-refractivity contribution in [2.45, 2.75) is 13.8 Å². The van der Waals surface area contributed by atoms with Gasteiger partial charge in [0, 0.05) is 25.6 Å². The van der Waals surface area contributed by atoms with E-state index < -0.39 is 0 Å². The maximum atomic E-state index is 10.0. The third kappa shape index (κ3) is 93.1. The van der Waals surface area contributed by atoms with E-state index in [1.807, 2.05) is 0 Å². The van der Waals surface area contributed by atoms with Gasteiger partial charge in [0.1, 0.15) is 0 Å². The van der Waals surface area contributed by atoms with Gasteiger partial charge in [-0.2, -0.15) is 0 Å². The standard InChI is InChI=1S/C5H8O2.2C2H3Cl.Rh/c1-4(6)3-5(2)7;2*1-2-3;/h3,6H,1-2H3;2*2H,1H2;/b4-3-;;;. The zero-order valence-corrected chi connectivity index (χ0v) is 11.2. The van der Waals surface area contributed by atoms with Crippen molar-refractivity contribution in [2.24, 2.45) is 0 Å². The van der Waals surface area contributed by atoms with E-state index >= 15 is 0 Å². The molecule has 85 valence electrons. The quantitative estimate of drug-likeness (QED) is 0.452. The molecule has 0 amide bonds. The van der Waals surface area contributed by atoms with E-state index in [0.29, 0.717) is 0 Å². The summed E-state index contributed by atoms with van der Waals surface area (Å²) in [6.07, 6.45) is 1.17. The average Bonchev–Trinajstić information content (AvgIpc) is 1.86. The van der Waals surface area contributed by atoms with Crippen molar-refractivity contribution in [2.75, 3.05) is 0 Å². The van der Waals surface area contributed by atoms with Crippen LogP contribution in [0.1, 0.15) is 13.8 Å². The van der Waals surface area contributed by atoms with Gasteiger partial charge in [0.05, 0.1) is 5.76 Å². The number of ketones is 1. The molecule has 0 fully saturated rings. The summed E-state index contributed by atoms with van der Waals surface area (Å²) in [6.45, 7) is 9.10. The molecule has 0 aliphatic heterocycles.